The smallest absolute Gasteiger partial charge is 0.404 e. The SMILES string of the molecule is CCC[C@H](NC(=O)c1c(C)nc(-c2ccc(C(C)(C)C)cc2)nc1C)C(=O)N(C)[C@@H]1C(=O)N[C@@H](C)C(=O)N[C@H](C(=O)OC)Cc2cc(F)c(O)c(c2)-c2cc1ccc2OCCNC(=O)O. The largest absolute Gasteiger partial charge is 0.504 e. The number of carboxylic acid groups (broad SMARTS) is 1. The highest BCUT2D eigenvalue weighted by Crippen LogP contribution is 2.41. The standard InChI is InChI=1S/C47H56FN7O10/c1-10-11-34(53-42(58)37-24(2)50-40(51-25(37)3)28-12-15-30(16-13-28)47(5,6)7)44(60)55(8)38-29-14-17-36(65-19-18-49-46(62)63)31(23-29)32-20-27(21-33(48)39(32)56)22-35(45(61)64-9)54-41(57)26(4)52-43(38)59/h12-17,20-21,23,26,34-35,38,49,56H,10-11,18-19,22H2,1-9H3,(H,52,59)(H,53,58)(H,54,57)(H,62,63)/t26-,34-,35-,38-/m0/s1. The molecule has 4 aromatic rings. The molecule has 17 nitrogen and oxygen atoms in total. The first-order valence-electron chi connectivity index (χ1n) is 21.1. The molecule has 0 saturated carbocycles. The van der Waals surface area contributed by atoms with Crippen molar-refractivity contribution in [3.05, 3.63) is 94.1 Å². The number of carbonyl (C=O) groups excluding carboxylic acids is 5. The maximum absolute atomic E-state index is 15.6. The van der Waals surface area contributed by atoms with E-state index in [-0.39, 0.29) is 65.0 Å². The van der Waals surface area contributed by atoms with Gasteiger partial charge in [-0.1, -0.05) is 64.4 Å². The van der Waals surface area contributed by atoms with E-state index in [1.165, 1.54) is 38.2 Å². The number of benzene rings is 3. The lowest BCUT2D eigenvalue weighted by Gasteiger charge is -2.32. The Hall–Kier alpha value is -7.11. The molecule has 4 bridgehead atoms. The maximum Gasteiger partial charge on any atom is 0.404 e. The monoisotopic (exact) mass is 897 g/mol. The third-order valence-corrected chi connectivity index (χ3v) is 11.0. The van der Waals surface area contributed by atoms with Gasteiger partial charge in [-0.2, -0.15) is 0 Å². The Morgan fingerprint density at radius 1 is 0.969 bits per heavy atom. The van der Waals surface area contributed by atoms with Crippen molar-refractivity contribution in [1.29, 1.82) is 0 Å². The number of phenols is 1. The number of halogens is 1. The number of hydrogen-bond donors (Lipinski definition) is 6. The Kier molecular flexibility index (Phi) is 15.5. The van der Waals surface area contributed by atoms with Crippen molar-refractivity contribution < 1.29 is 52.8 Å². The van der Waals surface area contributed by atoms with Gasteiger partial charge in [0.1, 0.15) is 36.5 Å². The van der Waals surface area contributed by atoms with Crippen LogP contribution in [-0.4, -0.2) is 106 Å². The average Bonchev–Trinajstić information content (AvgIpc) is 3.24. The number of likely N-dealkylation sites (N-methyl/N-ethyl adjacent to an activating group) is 1. The first-order chi connectivity index (χ1) is 30.6. The number of aromatic nitrogens is 2. The molecule has 4 atom stereocenters. The molecule has 0 fully saturated rings. The number of hydrogen-bond acceptors (Lipinski definition) is 11. The van der Waals surface area contributed by atoms with Crippen LogP contribution in [0.4, 0.5) is 9.18 Å². The number of esters is 1. The quantitative estimate of drug-likeness (QED) is 0.0811. The topological polar surface area (TPSA) is 238 Å². The Balaban J connectivity index is 1.56. The number of nitrogens with one attached hydrogen (secondary N) is 4. The Morgan fingerprint density at radius 3 is 2.23 bits per heavy atom. The normalized spacial score (nSPS) is 16.8. The lowest BCUT2D eigenvalue weighted by molar-refractivity contribution is -0.145. The van der Waals surface area contributed by atoms with Crippen LogP contribution in [0.2, 0.25) is 0 Å². The molecule has 0 aliphatic carbocycles. The van der Waals surface area contributed by atoms with Crippen molar-refractivity contribution in [2.24, 2.45) is 0 Å². The van der Waals surface area contributed by atoms with E-state index in [9.17, 15) is 33.9 Å². The van der Waals surface area contributed by atoms with Gasteiger partial charge in [0, 0.05) is 30.2 Å². The average molecular weight is 898 g/mol. The Bertz CT molecular complexity index is 2450. The molecule has 1 aliphatic heterocycles. The molecule has 65 heavy (non-hydrogen) atoms. The molecule has 18 heteroatoms. The van der Waals surface area contributed by atoms with Crippen molar-refractivity contribution in [3.8, 4) is 34.0 Å². The van der Waals surface area contributed by atoms with Gasteiger partial charge in [-0.3, -0.25) is 19.2 Å². The lowest BCUT2D eigenvalue weighted by Crippen LogP contribution is -2.55. The van der Waals surface area contributed by atoms with Crippen LogP contribution in [0, 0.1) is 19.7 Å². The van der Waals surface area contributed by atoms with Gasteiger partial charge in [0.2, 0.25) is 17.7 Å². The maximum atomic E-state index is 15.6. The molecule has 5 rings (SSSR count). The van der Waals surface area contributed by atoms with E-state index < -0.39 is 71.4 Å². The minimum atomic E-state index is -1.53. The fourth-order valence-corrected chi connectivity index (χ4v) is 7.57. The second-order valence-electron chi connectivity index (χ2n) is 16.9. The number of ether oxygens (including phenoxy) is 2. The number of phenolic OH excluding ortho intramolecular Hbond substituents is 1. The number of nitrogens with zero attached hydrogens (tertiary/aromatic N) is 3. The predicted molar refractivity (Wildman–Crippen MR) is 238 cm³/mol. The molecule has 0 saturated heterocycles. The highest BCUT2D eigenvalue weighted by atomic mass is 19.1. The van der Waals surface area contributed by atoms with E-state index in [0.29, 0.717) is 23.6 Å². The van der Waals surface area contributed by atoms with Crippen LogP contribution in [0.1, 0.15) is 91.9 Å². The summed E-state index contributed by atoms with van der Waals surface area (Å²) >= 11 is 0. The third kappa shape index (κ3) is 11.5. The van der Waals surface area contributed by atoms with Gasteiger partial charge in [-0.05, 0) is 73.6 Å². The van der Waals surface area contributed by atoms with Crippen molar-refractivity contribution in [3.63, 3.8) is 0 Å². The molecular formula is C47H56FN7O10. The van der Waals surface area contributed by atoms with Crippen molar-refractivity contribution >= 4 is 35.7 Å². The number of carbonyl (C=O) groups is 6. The van der Waals surface area contributed by atoms with E-state index in [2.05, 4.69) is 52.0 Å². The van der Waals surface area contributed by atoms with Gasteiger partial charge >= 0.3 is 12.1 Å². The first kappa shape index (κ1) is 48.9. The summed E-state index contributed by atoms with van der Waals surface area (Å²) in [6, 6.07) is 9.15. The highest BCUT2D eigenvalue weighted by Gasteiger charge is 2.36. The van der Waals surface area contributed by atoms with Gasteiger partial charge < -0.3 is 45.9 Å². The van der Waals surface area contributed by atoms with E-state index in [1.54, 1.807) is 13.8 Å². The molecule has 0 unspecified atom stereocenters. The van der Waals surface area contributed by atoms with Crippen LogP contribution >= 0.6 is 0 Å². The zero-order valence-electron chi connectivity index (χ0n) is 37.9. The second kappa shape index (κ2) is 20.6. The number of amides is 5. The fraction of sp³-hybridized carbons (Fsp3) is 0.404. The van der Waals surface area contributed by atoms with Crippen molar-refractivity contribution in [1.82, 2.24) is 36.1 Å². The molecule has 3 aromatic carbocycles. The molecule has 2 heterocycles. The minimum Gasteiger partial charge on any atom is -0.504 e. The summed E-state index contributed by atoms with van der Waals surface area (Å²) in [5.41, 5.74) is 2.95. The molecule has 5 amide bonds. The summed E-state index contributed by atoms with van der Waals surface area (Å²) in [6.45, 7) is 12.5. The fourth-order valence-electron chi connectivity index (χ4n) is 7.57. The lowest BCUT2D eigenvalue weighted by atomic mass is 9.86. The van der Waals surface area contributed by atoms with E-state index >= 15 is 4.39 Å². The number of fused-ring (bicyclic) bond motifs is 5. The van der Waals surface area contributed by atoms with Crippen LogP contribution < -0.4 is 26.0 Å². The highest BCUT2D eigenvalue weighted by molar-refractivity contribution is 6.00. The van der Waals surface area contributed by atoms with Crippen molar-refractivity contribution in [2.75, 3.05) is 27.3 Å². The summed E-state index contributed by atoms with van der Waals surface area (Å²) in [5.74, 6) is -5.27. The molecule has 0 radical (unpaired) electrons. The predicted octanol–water partition coefficient (Wildman–Crippen LogP) is 5.03. The molecular weight excluding hydrogens is 842 g/mol. The second-order valence-corrected chi connectivity index (χ2v) is 16.9. The summed E-state index contributed by atoms with van der Waals surface area (Å²) in [6.07, 6.45) is -0.997. The van der Waals surface area contributed by atoms with Gasteiger partial charge in [0.15, 0.2) is 17.4 Å². The number of rotatable bonds is 12. The number of aryl methyl sites for hydroxylation is 2. The molecule has 1 aliphatic rings. The van der Waals surface area contributed by atoms with E-state index in [1.807, 2.05) is 31.2 Å². The van der Waals surface area contributed by atoms with Gasteiger partial charge in [-0.25, -0.2) is 23.9 Å². The van der Waals surface area contributed by atoms with Crippen LogP contribution in [0.3, 0.4) is 0 Å². The zero-order chi connectivity index (χ0) is 47.9. The molecule has 6 N–H and O–H groups in total. The Labute approximate surface area is 376 Å². The summed E-state index contributed by atoms with van der Waals surface area (Å²) in [7, 11) is 2.45. The third-order valence-electron chi connectivity index (χ3n) is 11.0. The number of methoxy groups -OCH3 is 1. The Morgan fingerprint density at radius 2 is 1.63 bits per heavy atom. The molecule has 1 aromatic heterocycles. The van der Waals surface area contributed by atoms with Crippen molar-refractivity contribution in [2.45, 2.75) is 97.3 Å². The first-order valence-corrected chi connectivity index (χ1v) is 21.1. The van der Waals surface area contributed by atoms with Crippen LogP contribution in [0.15, 0.2) is 54.6 Å². The number of aromatic hydroxyl groups is 1. The summed E-state index contributed by atoms with van der Waals surface area (Å²) in [4.78, 5) is 91.1. The van der Waals surface area contributed by atoms with Crippen LogP contribution in [-0.2, 0) is 35.8 Å². The van der Waals surface area contributed by atoms with Crippen LogP contribution in [0.25, 0.3) is 22.5 Å². The van der Waals surface area contributed by atoms with E-state index in [4.69, 9.17) is 14.6 Å². The minimum absolute atomic E-state index is 0.0382. The van der Waals surface area contributed by atoms with Gasteiger partial charge in [-0.15, -0.1) is 0 Å². The summed E-state index contributed by atoms with van der Waals surface area (Å²) < 4.78 is 26.4. The molecule has 0 spiro atoms. The van der Waals surface area contributed by atoms with E-state index in [0.717, 1.165) is 29.2 Å². The van der Waals surface area contributed by atoms with Crippen LogP contribution in [0.5, 0.6) is 11.5 Å². The zero-order valence-corrected chi connectivity index (χ0v) is 37.9. The molecule has 346 valence electrons. The summed E-state index contributed by atoms with van der Waals surface area (Å²) in [5, 5.41) is 30.4. The van der Waals surface area contributed by atoms with Gasteiger partial charge in [0.25, 0.3) is 5.91 Å². The van der Waals surface area contributed by atoms with Gasteiger partial charge in [0.05, 0.1) is 30.6 Å².